The van der Waals surface area contributed by atoms with E-state index < -0.39 is 7.12 Å². The average Bonchev–Trinajstić information content (AvgIpc) is 3.42. The number of benzene rings is 3. The fourth-order valence-corrected chi connectivity index (χ4v) is 5.19. The molecule has 5 nitrogen and oxygen atoms in total. The van der Waals surface area contributed by atoms with Crippen LogP contribution >= 0.6 is 11.3 Å². The van der Waals surface area contributed by atoms with Crippen molar-refractivity contribution in [1.29, 1.82) is 0 Å². The van der Waals surface area contributed by atoms with Crippen molar-refractivity contribution in [3.05, 3.63) is 84.9 Å². The third-order valence-corrected chi connectivity index (χ3v) is 8.12. The van der Waals surface area contributed by atoms with Crippen LogP contribution in [0, 0.1) is 0 Å². The zero-order valence-electron chi connectivity index (χ0n) is 20.7. The lowest BCUT2D eigenvalue weighted by Crippen LogP contribution is -2.41. The molecule has 0 bridgehead atoms. The van der Waals surface area contributed by atoms with Gasteiger partial charge in [0.2, 0.25) is 0 Å². The van der Waals surface area contributed by atoms with Crippen molar-refractivity contribution in [1.82, 2.24) is 15.0 Å². The maximum absolute atomic E-state index is 6.22. The van der Waals surface area contributed by atoms with Gasteiger partial charge in [-0.1, -0.05) is 72.8 Å². The highest BCUT2D eigenvalue weighted by atomic mass is 32.1. The number of nitrogens with zero attached hydrogens (tertiary/aromatic N) is 3. The SMILES string of the molecule is CC1(C)OB(c2ccc(-c3nc(-c4ccccc4)nc(-c4cc5ccccc5s4)n3)cc2)OC1(C)C. The number of aromatic nitrogens is 3. The summed E-state index contributed by atoms with van der Waals surface area (Å²) in [5.74, 6) is 1.97. The Morgan fingerprint density at radius 3 is 1.83 bits per heavy atom. The average molecular weight is 491 g/mol. The van der Waals surface area contributed by atoms with Gasteiger partial charge in [-0.15, -0.1) is 11.3 Å². The van der Waals surface area contributed by atoms with Gasteiger partial charge in [-0.3, -0.25) is 0 Å². The van der Waals surface area contributed by atoms with E-state index in [-0.39, 0.29) is 11.2 Å². The molecule has 3 aromatic carbocycles. The minimum Gasteiger partial charge on any atom is -0.399 e. The van der Waals surface area contributed by atoms with E-state index in [1.165, 1.54) is 10.1 Å². The lowest BCUT2D eigenvalue weighted by atomic mass is 9.79. The van der Waals surface area contributed by atoms with Crippen LogP contribution in [-0.4, -0.2) is 33.3 Å². The van der Waals surface area contributed by atoms with Crippen molar-refractivity contribution in [3.8, 4) is 33.5 Å². The molecule has 1 aliphatic heterocycles. The van der Waals surface area contributed by atoms with Gasteiger partial charge < -0.3 is 9.31 Å². The van der Waals surface area contributed by atoms with Gasteiger partial charge in [0.1, 0.15) is 0 Å². The number of rotatable bonds is 4. The van der Waals surface area contributed by atoms with Gasteiger partial charge in [0, 0.05) is 15.8 Å². The van der Waals surface area contributed by atoms with Crippen LogP contribution in [0.3, 0.4) is 0 Å². The van der Waals surface area contributed by atoms with Crippen LogP contribution in [0.1, 0.15) is 27.7 Å². The summed E-state index contributed by atoms with van der Waals surface area (Å²) in [5, 5.41) is 1.19. The molecule has 178 valence electrons. The first kappa shape index (κ1) is 23.0. The summed E-state index contributed by atoms with van der Waals surface area (Å²) in [6, 6.07) is 28.6. The first-order valence-corrected chi connectivity index (χ1v) is 12.9. The van der Waals surface area contributed by atoms with Crippen molar-refractivity contribution in [2.45, 2.75) is 38.9 Å². The van der Waals surface area contributed by atoms with Crippen LogP contribution in [0.2, 0.25) is 0 Å². The van der Waals surface area contributed by atoms with Crippen LogP contribution < -0.4 is 5.46 Å². The predicted octanol–water partition coefficient (Wildman–Crippen LogP) is 6.39. The lowest BCUT2D eigenvalue weighted by Gasteiger charge is -2.32. The summed E-state index contributed by atoms with van der Waals surface area (Å²) in [4.78, 5) is 15.6. The zero-order chi connectivity index (χ0) is 24.9. The fourth-order valence-electron chi connectivity index (χ4n) is 4.19. The quantitative estimate of drug-likeness (QED) is 0.273. The molecule has 1 aliphatic rings. The summed E-state index contributed by atoms with van der Waals surface area (Å²) in [6.07, 6.45) is 0. The summed E-state index contributed by atoms with van der Waals surface area (Å²) in [6.45, 7) is 8.25. The maximum atomic E-state index is 6.22. The Labute approximate surface area is 215 Å². The number of thiophene rings is 1. The van der Waals surface area contributed by atoms with Gasteiger partial charge in [0.15, 0.2) is 17.5 Å². The molecule has 6 rings (SSSR count). The molecule has 1 saturated heterocycles. The molecule has 3 heterocycles. The normalized spacial score (nSPS) is 16.5. The van der Waals surface area contributed by atoms with Crippen molar-refractivity contribution >= 4 is 34.0 Å². The van der Waals surface area contributed by atoms with Crippen LogP contribution in [0.5, 0.6) is 0 Å². The monoisotopic (exact) mass is 491 g/mol. The Morgan fingerprint density at radius 1 is 0.639 bits per heavy atom. The summed E-state index contributed by atoms with van der Waals surface area (Å²) < 4.78 is 13.6. The second-order valence-corrected chi connectivity index (χ2v) is 11.1. The van der Waals surface area contributed by atoms with Crippen LogP contribution in [0.15, 0.2) is 84.9 Å². The molecule has 36 heavy (non-hydrogen) atoms. The molecule has 0 saturated carbocycles. The maximum Gasteiger partial charge on any atom is 0.494 e. The Hall–Kier alpha value is -3.39. The Balaban J connectivity index is 1.40. The van der Waals surface area contributed by atoms with Crippen molar-refractivity contribution < 1.29 is 9.31 Å². The molecule has 0 radical (unpaired) electrons. The molecule has 7 heteroatoms. The Kier molecular flexibility index (Phi) is 5.52. The van der Waals surface area contributed by atoms with E-state index in [9.17, 15) is 0 Å². The van der Waals surface area contributed by atoms with E-state index in [1.54, 1.807) is 11.3 Å². The largest absolute Gasteiger partial charge is 0.494 e. The summed E-state index contributed by atoms with van der Waals surface area (Å²) in [7, 11) is -0.406. The van der Waals surface area contributed by atoms with Gasteiger partial charge in [-0.25, -0.2) is 15.0 Å². The molecule has 0 aliphatic carbocycles. The van der Waals surface area contributed by atoms with Crippen molar-refractivity contribution in [3.63, 3.8) is 0 Å². The molecular formula is C29H26BN3O2S. The number of hydrogen-bond acceptors (Lipinski definition) is 6. The van der Waals surface area contributed by atoms with E-state index >= 15 is 0 Å². The minimum absolute atomic E-state index is 0.381. The summed E-state index contributed by atoms with van der Waals surface area (Å²) in [5.41, 5.74) is 2.08. The first-order chi connectivity index (χ1) is 17.3. The Bertz CT molecular complexity index is 1500. The van der Waals surface area contributed by atoms with Gasteiger partial charge in [0.05, 0.1) is 16.1 Å². The van der Waals surface area contributed by atoms with Gasteiger partial charge in [-0.2, -0.15) is 0 Å². The second-order valence-electron chi connectivity index (χ2n) is 10.0. The van der Waals surface area contributed by atoms with Crippen molar-refractivity contribution in [2.24, 2.45) is 0 Å². The number of fused-ring (bicyclic) bond motifs is 1. The van der Waals surface area contributed by atoms with Gasteiger partial charge in [-0.05, 0) is 50.7 Å². The van der Waals surface area contributed by atoms with E-state index in [1.807, 2.05) is 54.6 Å². The van der Waals surface area contributed by atoms with Crippen molar-refractivity contribution in [2.75, 3.05) is 0 Å². The zero-order valence-corrected chi connectivity index (χ0v) is 21.5. The fraction of sp³-hybridized carbons (Fsp3) is 0.207. The highest BCUT2D eigenvalue weighted by Gasteiger charge is 2.51. The van der Waals surface area contributed by atoms with E-state index in [2.05, 4.69) is 58.0 Å². The molecule has 0 N–H and O–H groups in total. The topological polar surface area (TPSA) is 57.1 Å². The molecule has 0 unspecified atom stereocenters. The molecule has 0 spiro atoms. The van der Waals surface area contributed by atoms with Crippen LogP contribution in [0.25, 0.3) is 43.6 Å². The molecule has 1 fully saturated rings. The van der Waals surface area contributed by atoms with Gasteiger partial charge in [0.25, 0.3) is 0 Å². The third kappa shape index (κ3) is 4.13. The van der Waals surface area contributed by atoms with Gasteiger partial charge >= 0.3 is 7.12 Å². The predicted molar refractivity (Wildman–Crippen MR) is 147 cm³/mol. The Morgan fingerprint density at radius 2 is 1.19 bits per heavy atom. The number of hydrogen-bond donors (Lipinski definition) is 0. The second kappa shape index (κ2) is 8.62. The summed E-state index contributed by atoms with van der Waals surface area (Å²) >= 11 is 1.69. The molecular weight excluding hydrogens is 465 g/mol. The molecule has 0 atom stereocenters. The lowest BCUT2D eigenvalue weighted by molar-refractivity contribution is 0.00578. The molecule has 2 aromatic heterocycles. The minimum atomic E-state index is -0.406. The third-order valence-electron chi connectivity index (χ3n) is 7.01. The highest BCUT2D eigenvalue weighted by molar-refractivity contribution is 7.22. The van der Waals surface area contributed by atoms with E-state index in [0.29, 0.717) is 17.5 Å². The smallest absolute Gasteiger partial charge is 0.399 e. The van der Waals surface area contributed by atoms with Crippen LogP contribution in [-0.2, 0) is 9.31 Å². The van der Waals surface area contributed by atoms with Crippen LogP contribution in [0.4, 0.5) is 0 Å². The molecule has 0 amide bonds. The van der Waals surface area contributed by atoms with E-state index in [4.69, 9.17) is 24.3 Å². The standard InChI is InChI=1S/C29H26BN3O2S/c1-28(2)29(3,4)35-30(34-28)22-16-14-20(15-17-22)26-31-25(19-10-6-5-7-11-19)32-27(33-26)24-18-21-12-8-9-13-23(21)36-24/h5-18H,1-4H3. The first-order valence-electron chi connectivity index (χ1n) is 12.1. The highest BCUT2D eigenvalue weighted by Crippen LogP contribution is 2.37. The van der Waals surface area contributed by atoms with E-state index in [0.717, 1.165) is 21.5 Å². The molecule has 5 aromatic rings.